The number of alkyl halides is 1. The van der Waals surface area contributed by atoms with Crippen molar-refractivity contribution >= 4 is 32.9 Å². The van der Waals surface area contributed by atoms with Crippen molar-refractivity contribution in [2.75, 3.05) is 45.9 Å². The van der Waals surface area contributed by atoms with Gasteiger partial charge in [0.25, 0.3) is 0 Å². The third kappa shape index (κ3) is 4.77. The number of nitrogens with zero attached hydrogens (tertiary/aromatic N) is 2. The minimum atomic E-state index is 0.329. The average Bonchev–Trinajstić information content (AvgIpc) is 2.78. The van der Waals surface area contributed by atoms with Gasteiger partial charge in [-0.2, -0.15) is 0 Å². The summed E-state index contributed by atoms with van der Waals surface area (Å²) in [5, 5.41) is 2.67. The highest BCUT2D eigenvalue weighted by molar-refractivity contribution is 9.09. The van der Waals surface area contributed by atoms with Gasteiger partial charge in [-0.1, -0.05) is 27.7 Å². The molecule has 0 aliphatic carbocycles. The minimum Gasteiger partial charge on any atom is -0.383 e. The summed E-state index contributed by atoms with van der Waals surface area (Å²) in [4.78, 5) is 6.89. The molecule has 0 aromatic rings. The Morgan fingerprint density at radius 2 is 2.29 bits per heavy atom. The molecule has 0 aromatic heterocycles. The molecule has 1 heterocycles. The number of ether oxygens (including phenoxy) is 2. The maximum absolute atomic E-state index is 5.22. The Kier molecular flexibility index (Phi) is 7.50. The number of methoxy groups -OCH3 is 2. The van der Waals surface area contributed by atoms with Crippen molar-refractivity contribution in [1.29, 1.82) is 0 Å². The van der Waals surface area contributed by atoms with Crippen molar-refractivity contribution in [1.82, 2.24) is 4.90 Å². The van der Waals surface area contributed by atoms with Gasteiger partial charge in [0.2, 0.25) is 0 Å². The lowest BCUT2D eigenvalue weighted by Crippen LogP contribution is -2.41. The van der Waals surface area contributed by atoms with E-state index in [4.69, 9.17) is 9.47 Å². The molecule has 0 N–H and O–H groups in total. The Morgan fingerprint density at radius 3 is 2.82 bits per heavy atom. The molecule has 0 bridgehead atoms. The second-order valence-corrected chi connectivity index (χ2v) is 5.92. The van der Waals surface area contributed by atoms with Gasteiger partial charge in [0, 0.05) is 31.3 Å². The lowest BCUT2D eigenvalue weighted by molar-refractivity contribution is 0.115. The van der Waals surface area contributed by atoms with Crippen molar-refractivity contribution in [2.45, 2.75) is 18.2 Å². The number of rotatable bonds is 7. The van der Waals surface area contributed by atoms with Crippen molar-refractivity contribution in [3.8, 4) is 0 Å². The van der Waals surface area contributed by atoms with Crippen LogP contribution in [0.2, 0.25) is 0 Å². The van der Waals surface area contributed by atoms with E-state index in [0.717, 1.165) is 23.6 Å². The Balaban J connectivity index is 2.56. The van der Waals surface area contributed by atoms with Crippen LogP contribution >= 0.6 is 27.7 Å². The van der Waals surface area contributed by atoms with E-state index in [1.54, 1.807) is 14.2 Å². The van der Waals surface area contributed by atoms with Gasteiger partial charge in [0.1, 0.15) is 0 Å². The SMILES string of the molecule is COCCN(C1=NCC(CBr)S1)C(C)COC. The lowest BCUT2D eigenvalue weighted by Gasteiger charge is -2.30. The quantitative estimate of drug-likeness (QED) is 0.669. The van der Waals surface area contributed by atoms with Crippen molar-refractivity contribution < 1.29 is 9.47 Å². The van der Waals surface area contributed by atoms with Gasteiger partial charge in [-0.25, -0.2) is 0 Å². The Bertz CT molecular complexity index is 254. The molecule has 4 nitrogen and oxygen atoms in total. The van der Waals surface area contributed by atoms with E-state index in [1.807, 2.05) is 11.8 Å². The molecule has 2 atom stereocenters. The van der Waals surface area contributed by atoms with E-state index in [9.17, 15) is 0 Å². The van der Waals surface area contributed by atoms with Crippen molar-refractivity contribution in [3.63, 3.8) is 0 Å². The summed E-state index contributed by atoms with van der Waals surface area (Å²) in [5.41, 5.74) is 0. The molecular formula is C11H21BrN2O2S. The van der Waals surface area contributed by atoms with E-state index < -0.39 is 0 Å². The summed E-state index contributed by atoms with van der Waals surface area (Å²) < 4.78 is 10.4. The first-order chi connectivity index (χ1) is 8.22. The second-order valence-electron chi connectivity index (χ2n) is 4.01. The highest BCUT2D eigenvalue weighted by Crippen LogP contribution is 2.25. The summed E-state index contributed by atoms with van der Waals surface area (Å²) >= 11 is 5.35. The average molecular weight is 325 g/mol. The molecule has 17 heavy (non-hydrogen) atoms. The Labute approximate surface area is 116 Å². The first-order valence-electron chi connectivity index (χ1n) is 5.74. The van der Waals surface area contributed by atoms with E-state index in [0.29, 0.717) is 24.5 Å². The van der Waals surface area contributed by atoms with E-state index in [2.05, 4.69) is 32.7 Å². The molecule has 1 aliphatic rings. The third-order valence-electron chi connectivity index (χ3n) is 2.60. The number of halogens is 1. The zero-order chi connectivity index (χ0) is 12.7. The molecule has 0 saturated heterocycles. The van der Waals surface area contributed by atoms with Gasteiger partial charge in [0.15, 0.2) is 5.17 Å². The first-order valence-corrected chi connectivity index (χ1v) is 7.74. The zero-order valence-corrected chi connectivity index (χ0v) is 13.1. The highest BCUT2D eigenvalue weighted by atomic mass is 79.9. The van der Waals surface area contributed by atoms with Crippen LogP contribution in [0.25, 0.3) is 0 Å². The summed E-state index contributed by atoms with van der Waals surface area (Å²) in [6, 6.07) is 0.329. The van der Waals surface area contributed by atoms with Crippen molar-refractivity contribution in [2.24, 2.45) is 4.99 Å². The number of thioether (sulfide) groups is 1. The predicted molar refractivity (Wildman–Crippen MR) is 77.4 cm³/mol. The number of aliphatic imine (C=N–C) groups is 1. The van der Waals surface area contributed by atoms with Crippen LogP contribution in [0.15, 0.2) is 4.99 Å². The van der Waals surface area contributed by atoms with E-state index >= 15 is 0 Å². The van der Waals surface area contributed by atoms with Gasteiger partial charge >= 0.3 is 0 Å². The Morgan fingerprint density at radius 1 is 1.53 bits per heavy atom. The largest absolute Gasteiger partial charge is 0.383 e. The van der Waals surface area contributed by atoms with Gasteiger partial charge in [-0.05, 0) is 6.92 Å². The molecule has 2 unspecified atom stereocenters. The van der Waals surface area contributed by atoms with Crippen LogP contribution in [0.1, 0.15) is 6.92 Å². The summed E-state index contributed by atoms with van der Waals surface area (Å²) in [6.45, 7) is 5.34. The summed E-state index contributed by atoms with van der Waals surface area (Å²) in [6.07, 6.45) is 0. The maximum atomic E-state index is 5.22. The molecule has 0 fully saturated rings. The van der Waals surface area contributed by atoms with Gasteiger partial charge in [-0.15, -0.1) is 0 Å². The monoisotopic (exact) mass is 324 g/mol. The van der Waals surface area contributed by atoms with Crippen molar-refractivity contribution in [3.05, 3.63) is 0 Å². The molecular weight excluding hydrogens is 304 g/mol. The molecule has 0 radical (unpaired) electrons. The fourth-order valence-electron chi connectivity index (χ4n) is 1.67. The van der Waals surface area contributed by atoms with Crippen LogP contribution in [0.5, 0.6) is 0 Å². The van der Waals surface area contributed by atoms with Crippen LogP contribution in [-0.2, 0) is 9.47 Å². The molecule has 0 saturated carbocycles. The first kappa shape index (κ1) is 15.3. The fourth-order valence-corrected chi connectivity index (χ4v) is 3.33. The summed E-state index contributed by atoms with van der Waals surface area (Å²) in [5.74, 6) is 0. The van der Waals surface area contributed by atoms with E-state index in [1.165, 1.54) is 0 Å². The molecule has 0 spiro atoms. The normalized spacial score (nSPS) is 21.4. The second kappa shape index (κ2) is 8.34. The molecule has 1 rings (SSSR count). The molecule has 100 valence electrons. The zero-order valence-electron chi connectivity index (χ0n) is 10.7. The van der Waals surface area contributed by atoms with Crippen LogP contribution in [0, 0.1) is 0 Å². The van der Waals surface area contributed by atoms with Gasteiger partial charge in [0.05, 0.1) is 25.8 Å². The van der Waals surface area contributed by atoms with Crippen LogP contribution in [0.4, 0.5) is 0 Å². The number of hydrogen-bond acceptors (Lipinski definition) is 5. The van der Waals surface area contributed by atoms with E-state index in [-0.39, 0.29) is 0 Å². The molecule has 1 aliphatic heterocycles. The fraction of sp³-hybridized carbons (Fsp3) is 0.909. The predicted octanol–water partition coefficient (Wildman–Crippen LogP) is 1.84. The highest BCUT2D eigenvalue weighted by Gasteiger charge is 2.25. The van der Waals surface area contributed by atoms with Crippen LogP contribution in [0.3, 0.4) is 0 Å². The summed E-state index contributed by atoms with van der Waals surface area (Å²) in [7, 11) is 3.46. The number of amidine groups is 1. The van der Waals surface area contributed by atoms with Gasteiger partial charge in [-0.3, -0.25) is 4.99 Å². The molecule has 0 amide bonds. The standard InChI is InChI=1S/C11H21BrN2O2S/c1-9(8-16-3)14(4-5-15-2)11-13-7-10(6-12)17-11/h9-10H,4-8H2,1-3H3. The minimum absolute atomic E-state index is 0.329. The number of hydrogen-bond donors (Lipinski definition) is 0. The van der Waals surface area contributed by atoms with Crippen LogP contribution < -0.4 is 0 Å². The smallest absolute Gasteiger partial charge is 0.159 e. The third-order valence-corrected chi connectivity index (χ3v) is 5.03. The topological polar surface area (TPSA) is 34.1 Å². The lowest BCUT2D eigenvalue weighted by atomic mass is 10.3. The maximum Gasteiger partial charge on any atom is 0.159 e. The molecule has 6 heteroatoms. The Hall–Kier alpha value is 0.220. The van der Waals surface area contributed by atoms with Crippen LogP contribution in [-0.4, -0.2) is 67.2 Å². The van der Waals surface area contributed by atoms with Gasteiger partial charge < -0.3 is 14.4 Å². The molecule has 0 aromatic carbocycles.